The molecule has 0 spiro atoms. The Labute approximate surface area is 197 Å². The number of hydrogen-bond acceptors (Lipinski definition) is 8. The fourth-order valence-corrected chi connectivity index (χ4v) is 3.83. The van der Waals surface area contributed by atoms with Gasteiger partial charge in [0.15, 0.2) is 6.61 Å². The van der Waals surface area contributed by atoms with Gasteiger partial charge in [-0.05, 0) is 36.3 Å². The van der Waals surface area contributed by atoms with Crippen LogP contribution in [0.5, 0.6) is 23.0 Å². The Hall–Kier alpha value is -4.01. The highest BCUT2D eigenvalue weighted by Gasteiger charge is 2.23. The van der Waals surface area contributed by atoms with Crippen molar-refractivity contribution < 1.29 is 28.3 Å². The van der Waals surface area contributed by atoms with Crippen LogP contribution in [0.15, 0.2) is 47.0 Å². The molecule has 178 valence electrons. The Morgan fingerprint density at radius 2 is 1.74 bits per heavy atom. The zero-order valence-corrected chi connectivity index (χ0v) is 19.7. The molecule has 4 rings (SSSR count). The average molecular weight is 466 g/mol. The Bertz CT molecular complexity index is 1160. The lowest BCUT2D eigenvalue weighted by atomic mass is 9.96. The summed E-state index contributed by atoms with van der Waals surface area (Å²) in [5.74, 6) is 3.55. The van der Waals surface area contributed by atoms with Gasteiger partial charge in [-0.1, -0.05) is 11.2 Å². The van der Waals surface area contributed by atoms with Crippen LogP contribution in [0.25, 0.3) is 5.57 Å². The molecule has 1 amide bonds. The van der Waals surface area contributed by atoms with Crippen LogP contribution >= 0.6 is 0 Å². The summed E-state index contributed by atoms with van der Waals surface area (Å²) < 4.78 is 27.1. The fourth-order valence-electron chi connectivity index (χ4n) is 3.83. The van der Waals surface area contributed by atoms with Crippen molar-refractivity contribution in [2.24, 2.45) is 0 Å². The molecule has 34 heavy (non-hydrogen) atoms. The van der Waals surface area contributed by atoms with Crippen LogP contribution in [-0.2, 0) is 6.61 Å². The molecule has 0 saturated carbocycles. The molecule has 2 aromatic carbocycles. The summed E-state index contributed by atoms with van der Waals surface area (Å²) in [6.45, 7) is 2.99. The lowest BCUT2D eigenvalue weighted by molar-refractivity contribution is 0.0773. The van der Waals surface area contributed by atoms with E-state index in [2.05, 4.69) is 10.1 Å². The number of amides is 1. The van der Waals surface area contributed by atoms with Crippen molar-refractivity contribution >= 4 is 11.5 Å². The molecule has 0 aliphatic carbocycles. The Morgan fingerprint density at radius 3 is 2.26 bits per heavy atom. The number of hydrogen-bond donors (Lipinski definition) is 0. The highest BCUT2D eigenvalue weighted by atomic mass is 16.5. The first-order chi connectivity index (χ1) is 16.5. The van der Waals surface area contributed by atoms with Gasteiger partial charge in [-0.2, -0.15) is 4.98 Å². The molecule has 2 heterocycles. The Balaban J connectivity index is 1.42. The van der Waals surface area contributed by atoms with Crippen molar-refractivity contribution in [2.45, 2.75) is 20.0 Å². The minimum Gasteiger partial charge on any atom is -0.496 e. The first-order valence-electron chi connectivity index (χ1n) is 10.8. The maximum atomic E-state index is 13.0. The van der Waals surface area contributed by atoms with E-state index >= 15 is 0 Å². The van der Waals surface area contributed by atoms with E-state index in [1.165, 1.54) is 0 Å². The number of carbonyl (C=O) groups excluding carboxylic acids is 1. The number of benzene rings is 2. The zero-order chi connectivity index (χ0) is 24.1. The van der Waals surface area contributed by atoms with Crippen molar-refractivity contribution in [3.05, 3.63) is 65.3 Å². The van der Waals surface area contributed by atoms with Crippen molar-refractivity contribution in [3.63, 3.8) is 0 Å². The molecule has 0 N–H and O–H groups in total. The first kappa shape index (κ1) is 23.2. The predicted octanol–water partition coefficient (Wildman–Crippen LogP) is 3.91. The maximum absolute atomic E-state index is 13.0. The molecule has 1 aromatic heterocycles. The standard InChI is InChI=1S/C25H27N3O6/c1-16-26-23(27-34-16)15-33-19-7-5-18(6-8-19)25(29)28-11-9-17(10-12-28)24-21(31-3)13-20(30-2)14-22(24)32-4/h5-9,13-14H,10-12,15H2,1-4H3. The minimum absolute atomic E-state index is 0.0377. The summed E-state index contributed by atoms with van der Waals surface area (Å²) in [7, 11) is 4.84. The van der Waals surface area contributed by atoms with E-state index < -0.39 is 0 Å². The second-order valence-corrected chi connectivity index (χ2v) is 7.68. The molecule has 0 bridgehead atoms. The molecule has 1 aliphatic rings. The number of rotatable bonds is 8. The van der Waals surface area contributed by atoms with Gasteiger partial charge >= 0.3 is 0 Å². The van der Waals surface area contributed by atoms with Crippen LogP contribution in [0.1, 0.15) is 34.1 Å². The summed E-state index contributed by atoms with van der Waals surface area (Å²) in [6.07, 6.45) is 2.72. The topological polar surface area (TPSA) is 96.2 Å². The third-order valence-corrected chi connectivity index (χ3v) is 5.57. The van der Waals surface area contributed by atoms with Crippen molar-refractivity contribution in [2.75, 3.05) is 34.4 Å². The summed E-state index contributed by atoms with van der Waals surface area (Å²) in [5, 5.41) is 3.80. The molecule has 0 radical (unpaired) electrons. The molecule has 0 atom stereocenters. The van der Waals surface area contributed by atoms with Crippen molar-refractivity contribution in [3.8, 4) is 23.0 Å². The third kappa shape index (κ3) is 4.98. The van der Waals surface area contributed by atoms with Gasteiger partial charge < -0.3 is 28.4 Å². The molecule has 3 aromatic rings. The minimum atomic E-state index is -0.0377. The van der Waals surface area contributed by atoms with Crippen LogP contribution < -0.4 is 18.9 Å². The maximum Gasteiger partial charge on any atom is 0.254 e. The van der Waals surface area contributed by atoms with E-state index in [0.717, 1.165) is 11.1 Å². The molecule has 1 aliphatic heterocycles. The average Bonchev–Trinajstić information content (AvgIpc) is 3.31. The molecule has 0 unspecified atom stereocenters. The summed E-state index contributed by atoms with van der Waals surface area (Å²) in [6, 6.07) is 10.7. The Kier molecular flexibility index (Phi) is 7.01. The quantitative estimate of drug-likeness (QED) is 0.494. The lowest BCUT2D eigenvalue weighted by Gasteiger charge is -2.28. The van der Waals surface area contributed by atoms with Gasteiger partial charge in [0.05, 0.1) is 26.9 Å². The second-order valence-electron chi connectivity index (χ2n) is 7.68. The Morgan fingerprint density at radius 1 is 1.03 bits per heavy atom. The van der Waals surface area contributed by atoms with Crippen LogP contribution in [0.2, 0.25) is 0 Å². The van der Waals surface area contributed by atoms with Crippen molar-refractivity contribution in [1.82, 2.24) is 15.0 Å². The van der Waals surface area contributed by atoms with Gasteiger partial charge in [-0.25, -0.2) is 0 Å². The van der Waals surface area contributed by atoms with E-state index in [-0.39, 0.29) is 12.5 Å². The SMILES string of the molecule is COc1cc(OC)c(C2=CCN(C(=O)c3ccc(OCc4noc(C)n4)cc3)CC2)c(OC)c1. The first-order valence-corrected chi connectivity index (χ1v) is 10.8. The van der Waals surface area contributed by atoms with E-state index in [1.54, 1.807) is 52.5 Å². The number of methoxy groups -OCH3 is 3. The van der Waals surface area contributed by atoms with E-state index in [1.807, 2.05) is 23.1 Å². The lowest BCUT2D eigenvalue weighted by Crippen LogP contribution is -2.34. The predicted molar refractivity (Wildman–Crippen MR) is 124 cm³/mol. The number of nitrogens with zero attached hydrogens (tertiary/aromatic N) is 3. The van der Waals surface area contributed by atoms with Gasteiger partial charge in [-0.3, -0.25) is 4.79 Å². The molecule has 0 fully saturated rings. The third-order valence-electron chi connectivity index (χ3n) is 5.57. The van der Waals surface area contributed by atoms with Crippen LogP contribution in [0.3, 0.4) is 0 Å². The van der Waals surface area contributed by atoms with Gasteiger partial charge in [0.2, 0.25) is 11.7 Å². The number of carbonyl (C=O) groups is 1. The monoisotopic (exact) mass is 465 g/mol. The number of aromatic nitrogens is 2. The summed E-state index contributed by atoms with van der Waals surface area (Å²) in [4.78, 5) is 18.9. The second kappa shape index (κ2) is 10.3. The fraction of sp³-hybridized carbons (Fsp3) is 0.320. The summed E-state index contributed by atoms with van der Waals surface area (Å²) >= 11 is 0. The van der Waals surface area contributed by atoms with Gasteiger partial charge in [0.1, 0.15) is 23.0 Å². The smallest absolute Gasteiger partial charge is 0.254 e. The van der Waals surface area contributed by atoms with Crippen molar-refractivity contribution in [1.29, 1.82) is 0 Å². The molecule has 0 saturated heterocycles. The number of aryl methyl sites for hydroxylation is 1. The van der Waals surface area contributed by atoms with E-state index in [9.17, 15) is 4.79 Å². The molecular weight excluding hydrogens is 438 g/mol. The summed E-state index contributed by atoms with van der Waals surface area (Å²) in [5.41, 5.74) is 2.55. The highest BCUT2D eigenvalue weighted by Crippen LogP contribution is 2.41. The van der Waals surface area contributed by atoms with Gasteiger partial charge in [0, 0.05) is 37.7 Å². The van der Waals surface area contributed by atoms with Gasteiger partial charge in [-0.15, -0.1) is 0 Å². The zero-order valence-electron chi connectivity index (χ0n) is 19.7. The van der Waals surface area contributed by atoms with Crippen LogP contribution in [0.4, 0.5) is 0 Å². The number of ether oxygens (including phenoxy) is 4. The molecule has 9 nitrogen and oxygen atoms in total. The van der Waals surface area contributed by atoms with E-state index in [4.69, 9.17) is 23.5 Å². The van der Waals surface area contributed by atoms with E-state index in [0.29, 0.717) is 59.8 Å². The van der Waals surface area contributed by atoms with Crippen LogP contribution in [-0.4, -0.2) is 55.4 Å². The van der Waals surface area contributed by atoms with Crippen LogP contribution in [0, 0.1) is 6.92 Å². The largest absolute Gasteiger partial charge is 0.496 e. The normalized spacial score (nSPS) is 13.3. The highest BCUT2D eigenvalue weighted by molar-refractivity contribution is 5.95. The van der Waals surface area contributed by atoms with Gasteiger partial charge in [0.25, 0.3) is 5.91 Å². The molecule has 9 heteroatoms. The molecular formula is C25H27N3O6.